The Kier molecular flexibility index (Phi) is 4.22. The van der Waals surface area contributed by atoms with Gasteiger partial charge in [-0.3, -0.25) is 4.79 Å². The molecule has 4 nitrogen and oxygen atoms in total. The molecule has 1 aliphatic rings. The lowest BCUT2D eigenvalue weighted by atomic mass is 9.98. The molecule has 19 heavy (non-hydrogen) atoms. The summed E-state index contributed by atoms with van der Waals surface area (Å²) in [5, 5.41) is 16.1. The number of amides is 1. The summed E-state index contributed by atoms with van der Waals surface area (Å²) in [6, 6.07) is 6.01. The topological polar surface area (TPSA) is 61.4 Å². The zero-order valence-corrected chi connectivity index (χ0v) is 11.6. The van der Waals surface area contributed by atoms with Crippen LogP contribution in [0.2, 0.25) is 0 Å². The van der Waals surface area contributed by atoms with Crippen molar-refractivity contribution in [3.05, 3.63) is 29.3 Å². The van der Waals surface area contributed by atoms with Gasteiger partial charge in [0.25, 0.3) is 0 Å². The van der Waals surface area contributed by atoms with Gasteiger partial charge in [-0.25, -0.2) is 0 Å². The van der Waals surface area contributed by atoms with Crippen LogP contribution in [-0.2, 0) is 17.8 Å². The second-order valence-electron chi connectivity index (χ2n) is 5.49. The van der Waals surface area contributed by atoms with Crippen molar-refractivity contribution in [2.45, 2.75) is 45.3 Å². The highest BCUT2D eigenvalue weighted by atomic mass is 16.3. The first-order chi connectivity index (χ1) is 9.00. The highest BCUT2D eigenvalue weighted by Crippen LogP contribution is 2.20. The average molecular weight is 262 g/mol. The molecule has 4 heteroatoms. The van der Waals surface area contributed by atoms with E-state index in [0.717, 1.165) is 25.2 Å². The zero-order chi connectivity index (χ0) is 13.9. The summed E-state index contributed by atoms with van der Waals surface area (Å²) in [5.41, 5.74) is 2.48. The van der Waals surface area contributed by atoms with Crippen LogP contribution in [0.1, 0.15) is 37.8 Å². The maximum Gasteiger partial charge on any atom is 0.227 e. The first-order valence-corrected chi connectivity index (χ1v) is 6.85. The Balaban J connectivity index is 2.01. The molecule has 1 aromatic rings. The lowest BCUT2D eigenvalue weighted by Gasteiger charge is -2.21. The minimum Gasteiger partial charge on any atom is -0.390 e. The Morgan fingerprint density at radius 2 is 2.26 bits per heavy atom. The number of fused-ring (bicyclic) bond motifs is 1. The van der Waals surface area contributed by atoms with Crippen LogP contribution >= 0.6 is 0 Å². The van der Waals surface area contributed by atoms with E-state index >= 15 is 0 Å². The molecule has 0 spiro atoms. The number of hydrogen-bond acceptors (Lipinski definition) is 3. The predicted molar refractivity (Wildman–Crippen MR) is 76.0 cm³/mol. The molecule has 0 radical (unpaired) electrons. The van der Waals surface area contributed by atoms with Crippen LogP contribution in [-0.4, -0.2) is 23.2 Å². The molecule has 0 aliphatic carbocycles. The lowest BCUT2D eigenvalue weighted by Crippen LogP contribution is -2.30. The number of carbonyl (C=O) groups is 1. The second kappa shape index (κ2) is 5.72. The molecule has 1 unspecified atom stereocenters. The average Bonchev–Trinajstić information content (AvgIpc) is 2.38. The summed E-state index contributed by atoms with van der Waals surface area (Å²) in [6.07, 6.45) is 1.68. The van der Waals surface area contributed by atoms with E-state index in [-0.39, 0.29) is 12.3 Å². The summed E-state index contributed by atoms with van der Waals surface area (Å²) >= 11 is 0. The Morgan fingerprint density at radius 1 is 1.47 bits per heavy atom. The molecular weight excluding hydrogens is 240 g/mol. The first kappa shape index (κ1) is 14.0. The minimum absolute atomic E-state index is 0.127. The molecule has 1 amide bonds. The number of nitrogens with one attached hydrogen (secondary N) is 2. The molecule has 0 saturated heterocycles. The summed E-state index contributed by atoms with van der Waals surface area (Å²) < 4.78 is 0. The molecule has 1 aromatic carbocycles. The Hall–Kier alpha value is -1.39. The van der Waals surface area contributed by atoms with Crippen LogP contribution in [0.3, 0.4) is 0 Å². The predicted octanol–water partition coefficient (Wildman–Crippen LogP) is 1.82. The van der Waals surface area contributed by atoms with Gasteiger partial charge in [0.1, 0.15) is 0 Å². The van der Waals surface area contributed by atoms with Crippen LogP contribution in [0, 0.1) is 0 Å². The monoisotopic (exact) mass is 262 g/mol. The van der Waals surface area contributed by atoms with Gasteiger partial charge in [-0.1, -0.05) is 13.0 Å². The van der Waals surface area contributed by atoms with Crippen molar-refractivity contribution in [2.24, 2.45) is 0 Å². The molecule has 2 rings (SSSR count). The highest BCUT2D eigenvalue weighted by Gasteiger charge is 2.22. The molecule has 3 N–H and O–H groups in total. The smallest absolute Gasteiger partial charge is 0.227 e. The lowest BCUT2D eigenvalue weighted by molar-refractivity contribution is -0.120. The fourth-order valence-electron chi connectivity index (χ4n) is 2.23. The van der Waals surface area contributed by atoms with Gasteiger partial charge >= 0.3 is 0 Å². The van der Waals surface area contributed by atoms with Crippen molar-refractivity contribution < 1.29 is 9.90 Å². The van der Waals surface area contributed by atoms with E-state index in [1.807, 2.05) is 19.1 Å². The fourth-order valence-corrected chi connectivity index (χ4v) is 2.23. The Labute approximate surface area is 114 Å². The van der Waals surface area contributed by atoms with Crippen molar-refractivity contribution in [1.29, 1.82) is 0 Å². The fraction of sp³-hybridized carbons (Fsp3) is 0.533. The molecule has 1 atom stereocenters. The molecule has 0 bridgehead atoms. The van der Waals surface area contributed by atoms with E-state index in [1.165, 1.54) is 11.1 Å². The van der Waals surface area contributed by atoms with Gasteiger partial charge in [0.2, 0.25) is 5.91 Å². The maximum atomic E-state index is 11.9. The van der Waals surface area contributed by atoms with E-state index in [0.29, 0.717) is 6.42 Å². The molecule has 1 aliphatic heterocycles. The molecule has 104 valence electrons. The van der Waals surface area contributed by atoms with E-state index in [2.05, 4.69) is 16.7 Å². The standard InChI is InChI=1S/C15H22N2O2/c1-3-15(2,19)9-14(18)17-13-5-4-12-10-16-7-6-11(12)8-13/h4-5,8,16,19H,3,6-7,9-10H2,1-2H3,(H,17,18). The van der Waals surface area contributed by atoms with Crippen molar-refractivity contribution >= 4 is 11.6 Å². The number of benzene rings is 1. The van der Waals surface area contributed by atoms with Gasteiger partial charge in [-0.2, -0.15) is 0 Å². The third-order valence-corrected chi connectivity index (χ3v) is 3.68. The van der Waals surface area contributed by atoms with Gasteiger partial charge in [0, 0.05) is 12.2 Å². The first-order valence-electron chi connectivity index (χ1n) is 6.85. The molecule has 0 saturated carbocycles. The zero-order valence-electron chi connectivity index (χ0n) is 11.6. The summed E-state index contributed by atoms with van der Waals surface area (Å²) in [4.78, 5) is 11.9. The Morgan fingerprint density at radius 3 is 3.00 bits per heavy atom. The number of carbonyl (C=O) groups excluding carboxylic acids is 1. The third kappa shape index (κ3) is 3.78. The van der Waals surface area contributed by atoms with E-state index < -0.39 is 5.60 Å². The quantitative estimate of drug-likeness (QED) is 0.775. The molecule has 0 aromatic heterocycles. The van der Waals surface area contributed by atoms with Crippen LogP contribution in [0.15, 0.2) is 18.2 Å². The maximum absolute atomic E-state index is 11.9. The van der Waals surface area contributed by atoms with E-state index in [9.17, 15) is 9.90 Å². The second-order valence-corrected chi connectivity index (χ2v) is 5.49. The van der Waals surface area contributed by atoms with Crippen LogP contribution in [0.25, 0.3) is 0 Å². The van der Waals surface area contributed by atoms with Gasteiger partial charge < -0.3 is 15.7 Å². The molecule has 0 fully saturated rings. The van der Waals surface area contributed by atoms with Crippen molar-refractivity contribution in [1.82, 2.24) is 5.32 Å². The summed E-state index contributed by atoms with van der Waals surface area (Å²) in [6.45, 7) is 5.44. The normalized spacial score (nSPS) is 17.4. The van der Waals surface area contributed by atoms with E-state index in [4.69, 9.17) is 0 Å². The minimum atomic E-state index is -0.928. The SMILES string of the molecule is CCC(C)(O)CC(=O)Nc1ccc2c(c1)CCNC2. The summed E-state index contributed by atoms with van der Waals surface area (Å²) in [7, 11) is 0. The van der Waals surface area contributed by atoms with Crippen LogP contribution in [0.5, 0.6) is 0 Å². The number of rotatable bonds is 4. The van der Waals surface area contributed by atoms with Crippen LogP contribution in [0.4, 0.5) is 5.69 Å². The third-order valence-electron chi connectivity index (χ3n) is 3.68. The number of hydrogen-bond donors (Lipinski definition) is 3. The largest absolute Gasteiger partial charge is 0.390 e. The van der Waals surface area contributed by atoms with Crippen LogP contribution < -0.4 is 10.6 Å². The van der Waals surface area contributed by atoms with Crippen molar-refractivity contribution in [2.75, 3.05) is 11.9 Å². The Bertz CT molecular complexity index is 469. The van der Waals surface area contributed by atoms with Gasteiger partial charge in [0.05, 0.1) is 12.0 Å². The molecule has 1 heterocycles. The van der Waals surface area contributed by atoms with E-state index in [1.54, 1.807) is 6.92 Å². The highest BCUT2D eigenvalue weighted by molar-refractivity contribution is 5.91. The summed E-state index contributed by atoms with van der Waals surface area (Å²) in [5.74, 6) is -0.138. The number of anilines is 1. The molecular formula is C15H22N2O2. The van der Waals surface area contributed by atoms with Crippen molar-refractivity contribution in [3.63, 3.8) is 0 Å². The van der Waals surface area contributed by atoms with Gasteiger partial charge in [0.15, 0.2) is 0 Å². The number of aliphatic hydroxyl groups is 1. The van der Waals surface area contributed by atoms with Crippen molar-refractivity contribution in [3.8, 4) is 0 Å². The van der Waals surface area contributed by atoms with Gasteiger partial charge in [-0.15, -0.1) is 0 Å². The van der Waals surface area contributed by atoms with Gasteiger partial charge in [-0.05, 0) is 49.6 Å².